The van der Waals surface area contributed by atoms with Crippen molar-refractivity contribution >= 4 is 46.8 Å². The van der Waals surface area contributed by atoms with E-state index in [0.717, 1.165) is 33.6 Å². The molecule has 350 valence electrons. The highest BCUT2D eigenvalue weighted by Gasteiger charge is 2.48. The predicted molar refractivity (Wildman–Crippen MR) is 237 cm³/mol. The van der Waals surface area contributed by atoms with E-state index >= 15 is 4.39 Å². The quantitative estimate of drug-likeness (QED) is 0.147. The Bertz CT molecular complexity index is 2360. The van der Waals surface area contributed by atoms with Crippen LogP contribution in [0.4, 0.5) is 17.6 Å². The van der Waals surface area contributed by atoms with Gasteiger partial charge in [0.25, 0.3) is 0 Å². The molecule has 2 aliphatic rings. The van der Waals surface area contributed by atoms with Crippen molar-refractivity contribution in [1.29, 1.82) is 0 Å². The maximum absolute atomic E-state index is 16.2. The van der Waals surface area contributed by atoms with E-state index in [0.29, 0.717) is 24.4 Å². The number of methoxy groups -OCH3 is 1. The van der Waals surface area contributed by atoms with Crippen LogP contribution in [0.15, 0.2) is 66.9 Å². The fraction of sp³-hybridized carbons (Fsp3) is 0.457. The summed E-state index contributed by atoms with van der Waals surface area (Å²) < 4.78 is 72.8. The van der Waals surface area contributed by atoms with Gasteiger partial charge in [0.15, 0.2) is 0 Å². The zero-order valence-electron chi connectivity index (χ0n) is 37.1. The Labute approximate surface area is 385 Å². The molecule has 3 aromatic carbocycles. The lowest BCUT2D eigenvalue weighted by atomic mass is 9.80. The zero-order valence-corrected chi connectivity index (χ0v) is 38.6. The lowest BCUT2D eigenvalue weighted by molar-refractivity contribution is -0.166. The SMILES string of the molecule is COC[C@@H]1NC(=O)[C@H](C)N(Cc2c(F)cc(Cl)cc2Oc2ccc(-c3cnc(CN(C)C)n3C)cc2)C(=O)C[C@@H](CC(F)(F)F)C(=O)N2CCC[C@@](Cc3ccc(Cl)cc3)(C2)N(C)C1=O. The Kier molecular flexibility index (Phi) is 15.5. The highest BCUT2D eigenvalue weighted by atomic mass is 35.5. The molecule has 0 radical (unpaired) electrons. The number of alkyl halides is 3. The molecule has 1 aromatic heterocycles. The Morgan fingerprint density at radius 2 is 1.66 bits per heavy atom. The summed E-state index contributed by atoms with van der Waals surface area (Å²) in [6.45, 7) is 0.841. The third-order valence-electron chi connectivity index (χ3n) is 12.1. The number of piperidine rings is 1. The predicted octanol–water partition coefficient (Wildman–Crippen LogP) is 7.27. The first kappa shape index (κ1) is 49.2. The van der Waals surface area contributed by atoms with Crippen LogP contribution >= 0.6 is 23.2 Å². The molecule has 2 fully saturated rings. The molecule has 0 spiro atoms. The number of carbonyl (C=O) groups excluding carboxylic acids is 4. The molecule has 19 heteroatoms. The number of nitrogens with zero attached hydrogens (tertiary/aromatic N) is 6. The van der Waals surface area contributed by atoms with E-state index in [1.165, 1.54) is 36.9 Å². The topological polar surface area (TPSA) is 130 Å². The molecule has 0 saturated carbocycles. The standard InChI is InChI=1S/C46H53Cl2F4N7O6/c1-28-42(61)54-37(26-64-6)44(63)57(5)45(21-29-8-12-32(47)13-9-29)16-7-17-58(27-45)43(62)31(22-46(50,51)52)18-41(60)59(28)24-35-36(49)19-33(48)20-39(35)65-34-14-10-30(11-15-34)38-23-53-40(56(38)4)25-55(2)3/h8-15,19-20,23,28,31,37H,7,16-18,21-22,24-27H2,1-6H3,(H,54,61)/t28-,31-,37-,45+/m0/s1. The lowest BCUT2D eigenvalue weighted by Gasteiger charge is -2.50. The van der Waals surface area contributed by atoms with Crippen molar-refractivity contribution in [2.24, 2.45) is 13.0 Å². The molecule has 2 bridgehead atoms. The van der Waals surface area contributed by atoms with Gasteiger partial charge in [0.05, 0.1) is 49.5 Å². The monoisotopic (exact) mass is 945 g/mol. The second-order valence-electron chi connectivity index (χ2n) is 17.1. The highest BCUT2D eigenvalue weighted by molar-refractivity contribution is 6.31. The van der Waals surface area contributed by atoms with E-state index in [2.05, 4.69) is 10.3 Å². The summed E-state index contributed by atoms with van der Waals surface area (Å²) in [5.41, 5.74) is 0.995. The van der Waals surface area contributed by atoms with Gasteiger partial charge in [0.1, 0.15) is 35.2 Å². The molecule has 1 N–H and O–H groups in total. The van der Waals surface area contributed by atoms with Crippen molar-refractivity contribution in [3.05, 3.63) is 99.7 Å². The van der Waals surface area contributed by atoms with E-state index < -0.39 is 78.5 Å². The van der Waals surface area contributed by atoms with E-state index in [-0.39, 0.29) is 48.2 Å². The Hall–Kier alpha value is -5.23. The third-order valence-corrected chi connectivity index (χ3v) is 12.6. The minimum absolute atomic E-state index is 0.0613. The van der Waals surface area contributed by atoms with Crippen molar-refractivity contribution in [1.82, 2.24) is 34.5 Å². The second-order valence-corrected chi connectivity index (χ2v) is 17.9. The van der Waals surface area contributed by atoms with Gasteiger partial charge in [-0.15, -0.1) is 0 Å². The highest BCUT2D eigenvalue weighted by Crippen LogP contribution is 2.37. The summed E-state index contributed by atoms with van der Waals surface area (Å²) in [6, 6.07) is 13.2. The summed E-state index contributed by atoms with van der Waals surface area (Å²) in [5.74, 6) is -5.36. The van der Waals surface area contributed by atoms with Gasteiger partial charge in [0.2, 0.25) is 23.6 Å². The number of amides is 4. The van der Waals surface area contributed by atoms with Crippen molar-refractivity contribution in [3.8, 4) is 22.8 Å². The molecule has 13 nitrogen and oxygen atoms in total. The maximum Gasteiger partial charge on any atom is 0.389 e. The number of carbonyl (C=O) groups is 4. The van der Waals surface area contributed by atoms with Gasteiger partial charge in [0, 0.05) is 61.9 Å². The molecule has 2 saturated heterocycles. The van der Waals surface area contributed by atoms with Crippen LogP contribution in [0.2, 0.25) is 10.0 Å². The molecule has 0 unspecified atom stereocenters. The summed E-state index contributed by atoms with van der Waals surface area (Å²) in [7, 11) is 8.64. The molecule has 4 aromatic rings. The number of benzene rings is 3. The minimum Gasteiger partial charge on any atom is -0.457 e. The number of aromatic nitrogens is 2. The lowest BCUT2D eigenvalue weighted by Crippen LogP contribution is -2.65. The van der Waals surface area contributed by atoms with Gasteiger partial charge in [-0.2, -0.15) is 13.2 Å². The Morgan fingerprint density at radius 1 is 0.969 bits per heavy atom. The number of likely N-dealkylation sites (N-methyl/N-ethyl adjacent to an activating group) is 1. The molecular formula is C46H53Cl2F4N7O6. The van der Waals surface area contributed by atoms with Gasteiger partial charge >= 0.3 is 6.18 Å². The summed E-state index contributed by atoms with van der Waals surface area (Å²) in [6.07, 6.45) is -4.87. The van der Waals surface area contributed by atoms with Crippen LogP contribution < -0.4 is 10.1 Å². The van der Waals surface area contributed by atoms with Crippen LogP contribution in [0.25, 0.3) is 11.3 Å². The van der Waals surface area contributed by atoms with Gasteiger partial charge < -0.3 is 39.0 Å². The van der Waals surface area contributed by atoms with Crippen LogP contribution in [-0.4, -0.2) is 125 Å². The third kappa shape index (κ3) is 11.8. The van der Waals surface area contributed by atoms with Crippen LogP contribution in [0.1, 0.15) is 49.6 Å². The van der Waals surface area contributed by atoms with Gasteiger partial charge in [-0.05, 0) is 94.4 Å². The van der Waals surface area contributed by atoms with E-state index in [9.17, 15) is 32.3 Å². The van der Waals surface area contributed by atoms with Crippen molar-refractivity contribution < 1.29 is 46.2 Å². The van der Waals surface area contributed by atoms with Crippen molar-refractivity contribution in [3.63, 3.8) is 0 Å². The number of hydrogen-bond acceptors (Lipinski definition) is 8. The first-order valence-corrected chi connectivity index (χ1v) is 21.8. The molecule has 2 aliphatic heterocycles. The zero-order chi connectivity index (χ0) is 47.4. The smallest absolute Gasteiger partial charge is 0.389 e. The number of hydrogen-bond donors (Lipinski definition) is 1. The number of nitrogens with one attached hydrogen (secondary N) is 1. The Morgan fingerprint density at radius 3 is 2.31 bits per heavy atom. The number of rotatable bonds is 12. The fourth-order valence-electron chi connectivity index (χ4n) is 8.58. The van der Waals surface area contributed by atoms with Crippen LogP contribution in [0, 0.1) is 11.7 Å². The van der Waals surface area contributed by atoms with E-state index in [1.807, 2.05) is 30.6 Å². The fourth-order valence-corrected chi connectivity index (χ4v) is 8.90. The minimum atomic E-state index is -4.87. The average molecular weight is 947 g/mol. The van der Waals surface area contributed by atoms with Crippen LogP contribution in [0.3, 0.4) is 0 Å². The summed E-state index contributed by atoms with van der Waals surface area (Å²) in [4.78, 5) is 67.8. The second kappa shape index (κ2) is 20.5. The molecule has 0 aliphatic carbocycles. The molecule has 3 heterocycles. The van der Waals surface area contributed by atoms with E-state index in [4.69, 9.17) is 32.7 Å². The number of imidazole rings is 1. The molecule has 6 rings (SSSR count). The van der Waals surface area contributed by atoms with Crippen LogP contribution in [-0.2, 0) is 50.5 Å². The number of fused-ring (bicyclic) bond motifs is 2. The normalized spacial score (nSPS) is 21.5. The largest absolute Gasteiger partial charge is 0.457 e. The van der Waals surface area contributed by atoms with Crippen LogP contribution in [0.5, 0.6) is 11.5 Å². The number of halogens is 6. The average Bonchev–Trinajstić information content (AvgIpc) is 3.60. The maximum atomic E-state index is 16.2. The van der Waals surface area contributed by atoms with E-state index in [1.54, 1.807) is 54.7 Å². The molecular weight excluding hydrogens is 893 g/mol. The number of ether oxygens (including phenoxy) is 2. The van der Waals surface area contributed by atoms with Gasteiger partial charge in [-0.3, -0.25) is 19.2 Å². The van der Waals surface area contributed by atoms with Crippen molar-refractivity contribution in [2.75, 3.05) is 47.9 Å². The molecule has 4 atom stereocenters. The summed E-state index contributed by atoms with van der Waals surface area (Å²) >= 11 is 12.5. The molecule has 65 heavy (non-hydrogen) atoms. The summed E-state index contributed by atoms with van der Waals surface area (Å²) in [5, 5.41) is 3.10. The molecule has 4 amide bonds. The van der Waals surface area contributed by atoms with Gasteiger partial charge in [-0.25, -0.2) is 9.37 Å². The van der Waals surface area contributed by atoms with Gasteiger partial charge in [-0.1, -0.05) is 35.3 Å². The Balaban J connectivity index is 1.37. The van der Waals surface area contributed by atoms with Crippen molar-refractivity contribution in [2.45, 2.75) is 75.9 Å². The first-order chi connectivity index (χ1) is 30.7. The first-order valence-electron chi connectivity index (χ1n) is 21.1.